The predicted octanol–water partition coefficient (Wildman–Crippen LogP) is 7.25. The Morgan fingerprint density at radius 2 is 0.841 bits per heavy atom. The summed E-state index contributed by atoms with van der Waals surface area (Å²) in [5.41, 5.74) is 6.07. The summed E-state index contributed by atoms with van der Waals surface area (Å²) in [6.07, 6.45) is 0. The van der Waals surface area contributed by atoms with E-state index >= 15 is 0 Å². The van der Waals surface area contributed by atoms with Crippen molar-refractivity contribution in [2.75, 3.05) is 0 Å². The molecule has 7 aromatic rings. The number of nitrogens with zero attached hydrogens (tertiary/aromatic N) is 6. The van der Waals surface area contributed by atoms with E-state index in [0.29, 0.717) is 56.8 Å². The summed E-state index contributed by atoms with van der Waals surface area (Å²) >= 11 is 5.87. The second kappa shape index (κ2) is 9.88. The third-order valence-electron chi connectivity index (χ3n) is 7.78. The van der Waals surface area contributed by atoms with Crippen molar-refractivity contribution in [3.63, 3.8) is 0 Å². The van der Waals surface area contributed by atoms with Crippen LogP contribution in [0.3, 0.4) is 0 Å². The molecule has 9 rings (SSSR count). The Labute approximate surface area is 263 Å². The van der Waals surface area contributed by atoms with Gasteiger partial charge in [-0.1, -0.05) is 72.8 Å². The first-order valence-corrected chi connectivity index (χ1v) is 13.9. The van der Waals surface area contributed by atoms with Crippen LogP contribution in [0.4, 0.5) is 0 Å². The fraction of sp³-hybridized carbons (Fsp3) is 0. The molecule has 0 spiro atoms. The SMILES string of the molecule is O=C(Cl)c1ccc2c3nc4nc(nc5[nH]c(nc6nc(nc([nH]3)c2c1)-c1ccccc1-6)c1ccccc51)-c1ccccc1-4.[Co]. The molecule has 2 aliphatic heterocycles. The Morgan fingerprint density at radius 3 is 1.25 bits per heavy atom. The average molecular weight is 636 g/mol. The Balaban J connectivity index is 0.00000289. The van der Waals surface area contributed by atoms with Crippen molar-refractivity contribution >= 4 is 61.0 Å². The van der Waals surface area contributed by atoms with E-state index in [1.165, 1.54) is 0 Å². The summed E-state index contributed by atoms with van der Waals surface area (Å²) < 4.78 is 0. The van der Waals surface area contributed by atoms with Crippen molar-refractivity contribution in [2.24, 2.45) is 0 Å². The van der Waals surface area contributed by atoms with E-state index in [4.69, 9.17) is 41.5 Å². The molecule has 3 aromatic heterocycles. The fourth-order valence-corrected chi connectivity index (χ4v) is 5.88. The van der Waals surface area contributed by atoms with Crippen LogP contribution >= 0.6 is 11.6 Å². The second-order valence-corrected chi connectivity index (χ2v) is 10.6. The third kappa shape index (κ3) is 3.96. The summed E-state index contributed by atoms with van der Waals surface area (Å²) in [5, 5.41) is 2.71. The van der Waals surface area contributed by atoms with Crippen LogP contribution in [0.1, 0.15) is 10.4 Å². The van der Waals surface area contributed by atoms with Crippen molar-refractivity contribution < 1.29 is 21.6 Å². The number of carbonyl (C=O) groups excluding carboxylic acids is 1. The molecule has 8 bridgehead atoms. The molecule has 4 aromatic carbocycles. The molecule has 11 heteroatoms. The van der Waals surface area contributed by atoms with Crippen molar-refractivity contribution in [3.05, 3.63) is 96.6 Å². The Morgan fingerprint density at radius 1 is 0.477 bits per heavy atom. The van der Waals surface area contributed by atoms with Crippen molar-refractivity contribution in [1.29, 1.82) is 0 Å². The van der Waals surface area contributed by atoms with Gasteiger partial charge in [0.25, 0.3) is 5.24 Å². The minimum Gasteiger partial charge on any atom is -0.324 e. The van der Waals surface area contributed by atoms with Gasteiger partial charge in [-0.2, -0.15) is 0 Å². The molecule has 2 N–H and O–H groups in total. The van der Waals surface area contributed by atoms with Gasteiger partial charge >= 0.3 is 0 Å². The largest absolute Gasteiger partial charge is 0.324 e. The number of aromatic amines is 2. The van der Waals surface area contributed by atoms with Gasteiger partial charge in [0.2, 0.25) is 0 Å². The summed E-state index contributed by atoms with van der Waals surface area (Å²) in [6, 6.07) is 28.9. The Bertz CT molecular complexity index is 2520. The Kier molecular flexibility index (Phi) is 5.92. The third-order valence-corrected chi connectivity index (χ3v) is 8.00. The topological polar surface area (TPSA) is 126 Å². The maximum Gasteiger partial charge on any atom is 0.252 e. The number of rotatable bonds is 1. The van der Waals surface area contributed by atoms with Crippen LogP contribution in [0.2, 0.25) is 0 Å². The molecule has 2 aliphatic rings. The van der Waals surface area contributed by atoms with Gasteiger partial charge in [-0.25, -0.2) is 29.9 Å². The molecule has 5 heterocycles. The Hall–Kier alpha value is -5.29. The monoisotopic (exact) mass is 635 g/mol. The van der Waals surface area contributed by atoms with Crippen LogP contribution in [0.25, 0.3) is 89.7 Å². The van der Waals surface area contributed by atoms with Gasteiger partial charge < -0.3 is 9.97 Å². The number of halogens is 1. The number of nitrogens with one attached hydrogen (secondary N) is 2. The van der Waals surface area contributed by atoms with E-state index in [-0.39, 0.29) is 16.8 Å². The molecule has 0 saturated carbocycles. The summed E-state index contributed by atoms with van der Waals surface area (Å²) in [6.45, 7) is 0. The first-order chi connectivity index (χ1) is 21.1. The van der Waals surface area contributed by atoms with Crippen LogP contribution in [-0.4, -0.2) is 45.1 Å². The maximum atomic E-state index is 12.1. The normalized spacial score (nSPS) is 11.7. The van der Waals surface area contributed by atoms with E-state index < -0.39 is 5.24 Å². The average Bonchev–Trinajstić information content (AvgIpc) is 3.76. The smallest absolute Gasteiger partial charge is 0.252 e. The molecule has 1 radical (unpaired) electrons. The molecule has 0 aliphatic carbocycles. The molecule has 0 amide bonds. The van der Waals surface area contributed by atoms with Crippen molar-refractivity contribution in [1.82, 2.24) is 39.9 Å². The van der Waals surface area contributed by atoms with E-state index in [1.807, 2.05) is 78.9 Å². The molecule has 0 unspecified atom stereocenters. The molecule has 9 nitrogen and oxygen atoms in total. The first-order valence-electron chi connectivity index (χ1n) is 13.5. The minimum atomic E-state index is -0.559. The number of benzene rings is 4. The first kappa shape index (κ1) is 26.3. The molecular weight excluding hydrogens is 619 g/mol. The quantitative estimate of drug-likeness (QED) is 0.182. The molecule has 0 saturated heterocycles. The van der Waals surface area contributed by atoms with Crippen LogP contribution in [0.15, 0.2) is 91.0 Å². The van der Waals surface area contributed by atoms with Crippen LogP contribution in [0, 0.1) is 0 Å². The van der Waals surface area contributed by atoms with E-state index in [9.17, 15) is 4.79 Å². The van der Waals surface area contributed by atoms with Crippen LogP contribution in [-0.2, 0) is 16.8 Å². The van der Waals surface area contributed by atoms with Crippen molar-refractivity contribution in [3.8, 4) is 45.6 Å². The summed E-state index contributed by atoms with van der Waals surface area (Å²) in [7, 11) is 0. The van der Waals surface area contributed by atoms with Gasteiger partial charge in [0, 0.05) is 66.1 Å². The zero-order valence-corrected chi connectivity index (χ0v) is 24.3. The molecule has 0 atom stereocenters. The number of aromatic nitrogens is 8. The van der Waals surface area contributed by atoms with E-state index in [1.54, 1.807) is 12.1 Å². The zero-order valence-electron chi connectivity index (χ0n) is 22.5. The fourth-order valence-electron chi connectivity index (χ4n) is 5.76. The standard InChI is InChI=1S/C33H17ClN8O.Co/c34-25(43)16-13-14-23-24(15-16)33-41-31-22-12-6-5-11-21(22)29(39-31)37-27-18-8-2-1-7-17(18)26(35-27)36-28-19-9-3-4-10-20(19)30(38-28)40-32(23)42-33;/h1-15H,(H2,35,36,37,38,39,40,41,42);. The number of hydrogen-bond acceptors (Lipinski definition) is 7. The minimum absolute atomic E-state index is 0. The zero-order chi connectivity index (χ0) is 28.7. The summed E-state index contributed by atoms with van der Waals surface area (Å²) in [4.78, 5) is 48.5. The van der Waals surface area contributed by atoms with Gasteiger partial charge in [-0.3, -0.25) is 4.79 Å². The van der Waals surface area contributed by atoms with E-state index in [0.717, 1.165) is 38.4 Å². The summed E-state index contributed by atoms with van der Waals surface area (Å²) in [5.74, 6) is 2.05. The molecule has 44 heavy (non-hydrogen) atoms. The second-order valence-electron chi connectivity index (χ2n) is 10.3. The number of carbonyl (C=O) groups is 1. The van der Waals surface area contributed by atoms with Crippen molar-refractivity contribution in [2.45, 2.75) is 0 Å². The maximum absolute atomic E-state index is 12.1. The van der Waals surface area contributed by atoms with Crippen LogP contribution in [0.5, 0.6) is 0 Å². The number of H-pyrrole nitrogens is 2. The predicted molar refractivity (Wildman–Crippen MR) is 166 cm³/mol. The van der Waals surface area contributed by atoms with Gasteiger partial charge in [0.15, 0.2) is 23.3 Å². The number of fused-ring (bicyclic) bond motifs is 20. The molecule has 0 fully saturated rings. The van der Waals surface area contributed by atoms with Gasteiger partial charge in [-0.05, 0) is 29.8 Å². The van der Waals surface area contributed by atoms with Crippen LogP contribution < -0.4 is 0 Å². The van der Waals surface area contributed by atoms with E-state index in [2.05, 4.69) is 9.97 Å². The number of hydrogen-bond donors (Lipinski definition) is 2. The molecular formula is C33H17ClCoN8O. The van der Waals surface area contributed by atoms with Gasteiger partial charge in [-0.15, -0.1) is 0 Å². The molecule has 211 valence electrons. The van der Waals surface area contributed by atoms with Gasteiger partial charge in [0.05, 0.1) is 0 Å². The van der Waals surface area contributed by atoms with Gasteiger partial charge in [0.1, 0.15) is 22.6 Å².